The van der Waals surface area contributed by atoms with Crippen molar-refractivity contribution in [2.75, 3.05) is 19.6 Å². The van der Waals surface area contributed by atoms with Crippen LogP contribution >= 0.6 is 0 Å². The molecule has 28 heavy (non-hydrogen) atoms. The molecular weight excluding hydrogens is 352 g/mol. The van der Waals surface area contributed by atoms with Crippen LogP contribution in [0.2, 0.25) is 0 Å². The molecule has 2 aromatic rings. The zero-order chi connectivity index (χ0) is 20.1. The van der Waals surface area contributed by atoms with Gasteiger partial charge in [0.05, 0.1) is 11.6 Å². The molecule has 1 N–H and O–H groups in total. The quantitative estimate of drug-likeness (QED) is 0.794. The molecule has 0 aromatic carbocycles. The molecule has 0 unspecified atom stereocenters. The lowest BCUT2D eigenvalue weighted by atomic mass is 10.0. The van der Waals surface area contributed by atoms with Gasteiger partial charge in [0.15, 0.2) is 5.82 Å². The van der Waals surface area contributed by atoms with Crippen LogP contribution in [0.25, 0.3) is 0 Å². The SMILES string of the molecule is CC(C)C[C@H](NC(=O)c1cccnc1)c1nnc2n1CCN(CC(C)C)CC2. The van der Waals surface area contributed by atoms with Gasteiger partial charge in [-0.05, 0) is 30.4 Å². The van der Waals surface area contributed by atoms with Gasteiger partial charge in [0.2, 0.25) is 0 Å². The fraction of sp³-hybridized carbons (Fsp3) is 0.619. The van der Waals surface area contributed by atoms with E-state index in [1.54, 1.807) is 24.5 Å². The molecule has 2 aromatic heterocycles. The lowest BCUT2D eigenvalue weighted by Crippen LogP contribution is -2.33. The van der Waals surface area contributed by atoms with E-state index < -0.39 is 0 Å². The van der Waals surface area contributed by atoms with Gasteiger partial charge in [-0.15, -0.1) is 10.2 Å². The van der Waals surface area contributed by atoms with Gasteiger partial charge in [0, 0.05) is 45.0 Å². The molecule has 0 spiro atoms. The third kappa shape index (κ3) is 5.16. The van der Waals surface area contributed by atoms with Crippen molar-refractivity contribution in [3.05, 3.63) is 41.7 Å². The molecule has 3 heterocycles. The van der Waals surface area contributed by atoms with E-state index in [1.165, 1.54) is 0 Å². The van der Waals surface area contributed by atoms with E-state index in [-0.39, 0.29) is 11.9 Å². The number of nitrogens with one attached hydrogen (secondary N) is 1. The monoisotopic (exact) mass is 384 g/mol. The summed E-state index contributed by atoms with van der Waals surface area (Å²) in [5.41, 5.74) is 0.565. The Morgan fingerprint density at radius 3 is 2.64 bits per heavy atom. The Labute approximate surface area is 167 Å². The standard InChI is InChI=1S/C21H32N6O/c1-15(2)12-18(23-21(28)17-6-5-8-22-13-17)20-25-24-19-7-9-26(14-16(3)4)10-11-27(19)20/h5-6,8,13,15-16,18H,7,9-12,14H2,1-4H3,(H,23,28)/t18-/m0/s1. The Balaban J connectivity index is 1.79. The molecule has 7 heteroatoms. The fourth-order valence-corrected chi connectivity index (χ4v) is 3.78. The molecule has 0 fully saturated rings. The van der Waals surface area contributed by atoms with Crippen LogP contribution in [-0.2, 0) is 13.0 Å². The molecule has 0 saturated heterocycles. The van der Waals surface area contributed by atoms with Crippen LogP contribution in [0.5, 0.6) is 0 Å². The number of aromatic nitrogens is 4. The maximum Gasteiger partial charge on any atom is 0.253 e. The van der Waals surface area contributed by atoms with Crippen LogP contribution in [0.4, 0.5) is 0 Å². The third-order valence-corrected chi connectivity index (χ3v) is 5.02. The van der Waals surface area contributed by atoms with Crippen molar-refractivity contribution in [3.8, 4) is 0 Å². The average Bonchev–Trinajstić information content (AvgIpc) is 2.96. The smallest absolute Gasteiger partial charge is 0.253 e. The van der Waals surface area contributed by atoms with Gasteiger partial charge in [-0.25, -0.2) is 0 Å². The topological polar surface area (TPSA) is 75.9 Å². The fourth-order valence-electron chi connectivity index (χ4n) is 3.78. The van der Waals surface area contributed by atoms with Crippen molar-refractivity contribution in [1.82, 2.24) is 30.0 Å². The largest absolute Gasteiger partial charge is 0.342 e. The van der Waals surface area contributed by atoms with Crippen LogP contribution in [0.1, 0.15) is 62.2 Å². The van der Waals surface area contributed by atoms with Crippen molar-refractivity contribution in [2.45, 2.75) is 53.1 Å². The summed E-state index contributed by atoms with van der Waals surface area (Å²) in [4.78, 5) is 19.3. The molecule has 0 saturated carbocycles. The highest BCUT2D eigenvalue weighted by Gasteiger charge is 2.26. The predicted molar refractivity (Wildman–Crippen MR) is 109 cm³/mol. The summed E-state index contributed by atoms with van der Waals surface area (Å²) in [7, 11) is 0. The Morgan fingerprint density at radius 2 is 1.96 bits per heavy atom. The molecule has 1 aliphatic heterocycles. The summed E-state index contributed by atoms with van der Waals surface area (Å²) in [6.45, 7) is 12.8. The molecule has 0 radical (unpaired) electrons. The van der Waals surface area contributed by atoms with Crippen molar-refractivity contribution in [2.24, 2.45) is 11.8 Å². The first kappa shape index (κ1) is 20.5. The van der Waals surface area contributed by atoms with Gasteiger partial charge < -0.3 is 14.8 Å². The van der Waals surface area contributed by atoms with Gasteiger partial charge in [-0.1, -0.05) is 27.7 Å². The molecule has 152 valence electrons. The van der Waals surface area contributed by atoms with E-state index >= 15 is 0 Å². The van der Waals surface area contributed by atoms with Crippen molar-refractivity contribution in [1.29, 1.82) is 0 Å². The minimum Gasteiger partial charge on any atom is -0.342 e. The second-order valence-corrected chi connectivity index (χ2v) is 8.47. The molecule has 1 atom stereocenters. The van der Waals surface area contributed by atoms with Gasteiger partial charge in [0.1, 0.15) is 5.82 Å². The lowest BCUT2D eigenvalue weighted by molar-refractivity contribution is 0.0928. The zero-order valence-electron chi connectivity index (χ0n) is 17.4. The molecule has 0 aliphatic carbocycles. The summed E-state index contributed by atoms with van der Waals surface area (Å²) in [6, 6.07) is 3.40. The third-order valence-electron chi connectivity index (χ3n) is 5.02. The second-order valence-electron chi connectivity index (χ2n) is 8.47. The van der Waals surface area contributed by atoms with Crippen LogP contribution in [-0.4, -0.2) is 50.2 Å². The molecule has 0 bridgehead atoms. The van der Waals surface area contributed by atoms with E-state index in [9.17, 15) is 4.79 Å². The minimum atomic E-state index is -0.161. The molecular formula is C21H32N6O. The van der Waals surface area contributed by atoms with Crippen molar-refractivity contribution in [3.63, 3.8) is 0 Å². The number of pyridine rings is 1. The first-order valence-electron chi connectivity index (χ1n) is 10.3. The normalized spacial score (nSPS) is 16.1. The number of carbonyl (C=O) groups is 1. The van der Waals surface area contributed by atoms with E-state index in [1.807, 2.05) is 0 Å². The molecule has 1 amide bonds. The number of fused-ring (bicyclic) bond motifs is 1. The van der Waals surface area contributed by atoms with Crippen LogP contribution in [0.3, 0.4) is 0 Å². The second kappa shape index (κ2) is 9.28. The van der Waals surface area contributed by atoms with E-state index in [4.69, 9.17) is 0 Å². The van der Waals surface area contributed by atoms with Crippen molar-refractivity contribution < 1.29 is 4.79 Å². The number of rotatable bonds is 7. The Bertz CT molecular complexity index is 770. The minimum absolute atomic E-state index is 0.119. The average molecular weight is 385 g/mol. The summed E-state index contributed by atoms with van der Waals surface area (Å²) in [6.07, 6.45) is 4.98. The summed E-state index contributed by atoms with van der Waals surface area (Å²) < 4.78 is 2.22. The number of carbonyl (C=O) groups excluding carboxylic acids is 1. The summed E-state index contributed by atoms with van der Waals surface area (Å²) >= 11 is 0. The van der Waals surface area contributed by atoms with Gasteiger partial charge in [-0.3, -0.25) is 9.78 Å². The zero-order valence-corrected chi connectivity index (χ0v) is 17.4. The van der Waals surface area contributed by atoms with E-state index in [0.29, 0.717) is 17.4 Å². The summed E-state index contributed by atoms with van der Waals surface area (Å²) in [5.74, 6) is 2.84. The Hall–Kier alpha value is -2.28. The maximum absolute atomic E-state index is 12.7. The Kier molecular flexibility index (Phi) is 6.78. The van der Waals surface area contributed by atoms with Gasteiger partial charge in [0.25, 0.3) is 5.91 Å². The van der Waals surface area contributed by atoms with Crippen LogP contribution in [0, 0.1) is 11.8 Å². The highest BCUT2D eigenvalue weighted by molar-refractivity contribution is 5.94. The number of amides is 1. The van der Waals surface area contributed by atoms with E-state index in [2.05, 4.69) is 57.7 Å². The highest BCUT2D eigenvalue weighted by Crippen LogP contribution is 2.23. The van der Waals surface area contributed by atoms with Gasteiger partial charge in [-0.2, -0.15) is 0 Å². The highest BCUT2D eigenvalue weighted by atomic mass is 16.1. The maximum atomic E-state index is 12.7. The number of hydrogen-bond acceptors (Lipinski definition) is 5. The van der Waals surface area contributed by atoms with Crippen molar-refractivity contribution >= 4 is 5.91 Å². The molecule has 3 rings (SSSR count). The number of nitrogens with zero attached hydrogens (tertiary/aromatic N) is 5. The first-order chi connectivity index (χ1) is 13.4. The molecule has 7 nitrogen and oxygen atoms in total. The predicted octanol–water partition coefficient (Wildman–Crippen LogP) is 2.70. The van der Waals surface area contributed by atoms with E-state index in [0.717, 1.165) is 50.7 Å². The van der Waals surface area contributed by atoms with Crippen LogP contribution in [0.15, 0.2) is 24.5 Å². The Morgan fingerprint density at radius 1 is 1.14 bits per heavy atom. The number of hydrogen-bond donors (Lipinski definition) is 1. The van der Waals surface area contributed by atoms with Gasteiger partial charge >= 0.3 is 0 Å². The first-order valence-corrected chi connectivity index (χ1v) is 10.3. The summed E-state index contributed by atoms with van der Waals surface area (Å²) in [5, 5.41) is 12.1. The lowest BCUT2D eigenvalue weighted by Gasteiger charge is -2.23. The molecule has 1 aliphatic rings. The van der Waals surface area contributed by atoms with Crippen LogP contribution < -0.4 is 5.32 Å².